The van der Waals surface area contributed by atoms with Gasteiger partial charge in [-0.15, -0.1) is 0 Å². The molecule has 100 valence electrons. The van der Waals surface area contributed by atoms with E-state index in [9.17, 15) is 0 Å². The third-order valence-corrected chi connectivity index (χ3v) is 3.28. The second-order valence-corrected chi connectivity index (χ2v) is 4.99. The molecule has 2 N–H and O–H groups in total. The van der Waals surface area contributed by atoms with Crippen LogP contribution in [0.15, 0.2) is 42.7 Å². The summed E-state index contributed by atoms with van der Waals surface area (Å²) >= 11 is 0. The van der Waals surface area contributed by atoms with E-state index in [4.69, 9.17) is 5.73 Å². The Kier molecular flexibility index (Phi) is 4.66. The summed E-state index contributed by atoms with van der Waals surface area (Å²) in [5.41, 5.74) is 10.8. The van der Waals surface area contributed by atoms with Crippen molar-refractivity contribution < 1.29 is 0 Å². The smallest absolute Gasteiger partial charge is 0.0271 e. The van der Waals surface area contributed by atoms with Gasteiger partial charge in [0.15, 0.2) is 0 Å². The molecule has 1 aromatic heterocycles. The summed E-state index contributed by atoms with van der Waals surface area (Å²) in [6, 6.07) is 10.6. The summed E-state index contributed by atoms with van der Waals surface area (Å²) in [6.07, 6.45) is 3.68. The van der Waals surface area contributed by atoms with Gasteiger partial charge in [-0.25, -0.2) is 0 Å². The van der Waals surface area contributed by atoms with Crippen LogP contribution in [0.3, 0.4) is 0 Å². The number of rotatable bonds is 5. The summed E-state index contributed by atoms with van der Waals surface area (Å²) in [7, 11) is 2.14. The fourth-order valence-corrected chi connectivity index (χ4v) is 2.21. The highest BCUT2D eigenvalue weighted by atomic mass is 15.1. The van der Waals surface area contributed by atoms with Crippen LogP contribution in [0.4, 0.5) is 0 Å². The van der Waals surface area contributed by atoms with E-state index in [0.717, 1.165) is 13.1 Å². The van der Waals surface area contributed by atoms with Crippen molar-refractivity contribution in [1.29, 1.82) is 0 Å². The van der Waals surface area contributed by atoms with Crippen molar-refractivity contribution >= 4 is 0 Å². The minimum atomic E-state index is 0.605. The van der Waals surface area contributed by atoms with Crippen molar-refractivity contribution in [3.05, 3.63) is 65.0 Å². The van der Waals surface area contributed by atoms with E-state index in [1.807, 2.05) is 12.4 Å². The molecule has 0 aliphatic rings. The van der Waals surface area contributed by atoms with Gasteiger partial charge < -0.3 is 5.73 Å². The number of pyridine rings is 1. The molecule has 3 nitrogen and oxygen atoms in total. The van der Waals surface area contributed by atoms with Crippen LogP contribution in [0.5, 0.6) is 0 Å². The van der Waals surface area contributed by atoms with E-state index in [0.29, 0.717) is 6.54 Å². The minimum Gasteiger partial charge on any atom is -0.326 e. The number of aryl methyl sites for hydroxylation is 1. The van der Waals surface area contributed by atoms with E-state index in [1.165, 1.54) is 22.3 Å². The normalized spacial score (nSPS) is 10.9. The lowest BCUT2D eigenvalue weighted by molar-refractivity contribution is 0.318. The quantitative estimate of drug-likeness (QED) is 0.892. The Morgan fingerprint density at radius 3 is 2.42 bits per heavy atom. The molecule has 0 amide bonds. The molecule has 0 saturated heterocycles. The van der Waals surface area contributed by atoms with E-state index >= 15 is 0 Å². The Bertz CT molecular complexity index is 523. The van der Waals surface area contributed by atoms with Gasteiger partial charge in [-0.3, -0.25) is 9.88 Å². The Labute approximate surface area is 115 Å². The molecule has 0 bridgehead atoms. The van der Waals surface area contributed by atoms with Crippen LogP contribution in [0, 0.1) is 6.92 Å². The van der Waals surface area contributed by atoms with Crippen LogP contribution in [0.25, 0.3) is 0 Å². The van der Waals surface area contributed by atoms with Crippen LogP contribution in [-0.4, -0.2) is 16.9 Å². The monoisotopic (exact) mass is 255 g/mol. The lowest BCUT2D eigenvalue weighted by Crippen LogP contribution is -2.18. The average Bonchev–Trinajstić information content (AvgIpc) is 2.42. The second kappa shape index (κ2) is 6.45. The van der Waals surface area contributed by atoms with Crippen molar-refractivity contribution in [2.45, 2.75) is 26.6 Å². The molecule has 0 saturated carbocycles. The van der Waals surface area contributed by atoms with E-state index in [1.54, 1.807) is 0 Å². The van der Waals surface area contributed by atoms with Crippen LogP contribution >= 0.6 is 0 Å². The molecule has 0 aliphatic carbocycles. The maximum Gasteiger partial charge on any atom is 0.0271 e. The second-order valence-electron chi connectivity index (χ2n) is 4.99. The van der Waals surface area contributed by atoms with Gasteiger partial charge in [-0.2, -0.15) is 0 Å². The first-order valence-corrected chi connectivity index (χ1v) is 6.55. The number of benzene rings is 1. The Hall–Kier alpha value is -1.71. The molecule has 2 rings (SSSR count). The lowest BCUT2D eigenvalue weighted by Gasteiger charge is -2.18. The summed E-state index contributed by atoms with van der Waals surface area (Å²) < 4.78 is 0. The molecule has 1 heterocycles. The molecule has 3 heteroatoms. The van der Waals surface area contributed by atoms with E-state index in [-0.39, 0.29) is 0 Å². The molecule has 2 aromatic rings. The van der Waals surface area contributed by atoms with Crippen molar-refractivity contribution in [1.82, 2.24) is 9.88 Å². The highest BCUT2D eigenvalue weighted by Gasteiger charge is 2.05. The molecule has 0 fully saturated rings. The van der Waals surface area contributed by atoms with E-state index < -0.39 is 0 Å². The largest absolute Gasteiger partial charge is 0.326 e. The molecule has 0 atom stereocenters. The number of hydrogen-bond donors (Lipinski definition) is 1. The summed E-state index contributed by atoms with van der Waals surface area (Å²) in [5, 5.41) is 0. The lowest BCUT2D eigenvalue weighted by atomic mass is 10.0. The zero-order valence-corrected chi connectivity index (χ0v) is 11.6. The van der Waals surface area contributed by atoms with Gasteiger partial charge in [-0.1, -0.05) is 18.2 Å². The molecule has 1 aromatic carbocycles. The van der Waals surface area contributed by atoms with Gasteiger partial charge in [0, 0.05) is 32.0 Å². The SMILES string of the molecule is Cc1cc(CN)ccc1CN(C)Cc1ccncc1. The Morgan fingerprint density at radius 2 is 1.79 bits per heavy atom. The first kappa shape index (κ1) is 13.7. The standard InChI is InChI=1S/C16H21N3/c1-13-9-15(10-17)3-4-16(13)12-19(2)11-14-5-7-18-8-6-14/h3-9H,10-12,17H2,1-2H3. The molecule has 0 unspecified atom stereocenters. The predicted octanol–water partition coefficient (Wildman–Crippen LogP) is 2.48. The molecule has 19 heavy (non-hydrogen) atoms. The Balaban J connectivity index is 2.01. The average molecular weight is 255 g/mol. The van der Waals surface area contributed by atoms with Crippen LogP contribution in [0.1, 0.15) is 22.3 Å². The zero-order chi connectivity index (χ0) is 13.7. The van der Waals surface area contributed by atoms with Gasteiger partial charge in [0.2, 0.25) is 0 Å². The van der Waals surface area contributed by atoms with Crippen molar-refractivity contribution in [3.8, 4) is 0 Å². The molecular formula is C16H21N3. The highest BCUT2D eigenvalue weighted by Crippen LogP contribution is 2.14. The van der Waals surface area contributed by atoms with E-state index in [2.05, 4.69) is 54.2 Å². The number of nitrogens with two attached hydrogens (primary N) is 1. The minimum absolute atomic E-state index is 0.605. The first-order chi connectivity index (χ1) is 9.19. The molecule has 0 radical (unpaired) electrons. The Morgan fingerprint density at radius 1 is 1.05 bits per heavy atom. The maximum absolute atomic E-state index is 5.66. The molecular weight excluding hydrogens is 234 g/mol. The third-order valence-electron chi connectivity index (χ3n) is 3.28. The van der Waals surface area contributed by atoms with Crippen molar-refractivity contribution in [3.63, 3.8) is 0 Å². The number of aromatic nitrogens is 1. The van der Waals surface area contributed by atoms with Crippen molar-refractivity contribution in [2.75, 3.05) is 7.05 Å². The van der Waals surface area contributed by atoms with Gasteiger partial charge in [0.05, 0.1) is 0 Å². The third kappa shape index (κ3) is 3.88. The van der Waals surface area contributed by atoms with Gasteiger partial charge in [0.1, 0.15) is 0 Å². The van der Waals surface area contributed by atoms with Gasteiger partial charge in [-0.05, 0) is 48.4 Å². The fourth-order valence-electron chi connectivity index (χ4n) is 2.21. The molecule has 0 aliphatic heterocycles. The maximum atomic E-state index is 5.66. The van der Waals surface area contributed by atoms with Gasteiger partial charge in [0.25, 0.3) is 0 Å². The zero-order valence-electron chi connectivity index (χ0n) is 11.6. The van der Waals surface area contributed by atoms with Crippen LogP contribution < -0.4 is 5.73 Å². The summed E-state index contributed by atoms with van der Waals surface area (Å²) in [6.45, 7) is 4.63. The highest BCUT2D eigenvalue weighted by molar-refractivity contribution is 5.31. The van der Waals surface area contributed by atoms with Crippen LogP contribution in [0.2, 0.25) is 0 Å². The van der Waals surface area contributed by atoms with Crippen LogP contribution in [-0.2, 0) is 19.6 Å². The fraction of sp³-hybridized carbons (Fsp3) is 0.312. The number of hydrogen-bond acceptors (Lipinski definition) is 3. The number of nitrogens with zero attached hydrogens (tertiary/aromatic N) is 2. The summed E-state index contributed by atoms with van der Waals surface area (Å²) in [4.78, 5) is 6.34. The topological polar surface area (TPSA) is 42.1 Å². The van der Waals surface area contributed by atoms with Crippen molar-refractivity contribution in [2.24, 2.45) is 5.73 Å². The summed E-state index contributed by atoms with van der Waals surface area (Å²) in [5.74, 6) is 0. The molecule has 0 spiro atoms. The predicted molar refractivity (Wildman–Crippen MR) is 78.5 cm³/mol. The first-order valence-electron chi connectivity index (χ1n) is 6.55. The van der Waals surface area contributed by atoms with Gasteiger partial charge >= 0.3 is 0 Å².